The molecule has 2 heterocycles. The van der Waals surface area contributed by atoms with Crippen molar-refractivity contribution in [3.8, 4) is 0 Å². The van der Waals surface area contributed by atoms with E-state index in [0.29, 0.717) is 6.54 Å². The lowest BCUT2D eigenvalue weighted by molar-refractivity contribution is -0.114. The molecule has 1 unspecified atom stereocenters. The number of thioether (sulfide) groups is 1. The molecule has 4 rings (SSSR count). The van der Waals surface area contributed by atoms with Gasteiger partial charge < -0.3 is 9.47 Å². The van der Waals surface area contributed by atoms with E-state index in [-0.39, 0.29) is 16.4 Å². The zero-order valence-electron chi connectivity index (χ0n) is 18.7. The second kappa shape index (κ2) is 8.35. The van der Waals surface area contributed by atoms with Crippen LogP contribution in [0.2, 0.25) is 0 Å². The molecule has 0 aliphatic carbocycles. The van der Waals surface area contributed by atoms with E-state index in [0.717, 1.165) is 22.4 Å². The predicted molar refractivity (Wildman–Crippen MR) is 127 cm³/mol. The molecule has 0 bridgehead atoms. The minimum Gasteiger partial charge on any atom is -0.347 e. The molecule has 0 fully saturated rings. The molecule has 1 atom stereocenters. The van der Waals surface area contributed by atoms with Crippen LogP contribution in [0.4, 0.5) is 5.69 Å². The van der Waals surface area contributed by atoms with Crippen LogP contribution in [0, 0.1) is 6.92 Å². The third kappa shape index (κ3) is 4.04. The minimum absolute atomic E-state index is 0.0830. The summed E-state index contributed by atoms with van der Waals surface area (Å²) >= 11 is 1.46. The van der Waals surface area contributed by atoms with Gasteiger partial charge in [0.2, 0.25) is 0 Å². The first kappa shape index (κ1) is 21.4. The molecule has 2 aromatic carbocycles. The van der Waals surface area contributed by atoms with Crippen molar-refractivity contribution < 1.29 is 4.79 Å². The Morgan fingerprint density at radius 3 is 2.48 bits per heavy atom. The van der Waals surface area contributed by atoms with Crippen LogP contribution in [-0.4, -0.2) is 32.8 Å². The molecule has 0 spiro atoms. The summed E-state index contributed by atoms with van der Waals surface area (Å²) in [7, 11) is 2.03. The fourth-order valence-corrected chi connectivity index (χ4v) is 5.04. The second-order valence-corrected chi connectivity index (χ2v) is 9.80. The number of carbonyl (C=O) groups excluding carboxylic acids is 1. The number of fused-ring (bicyclic) bond motifs is 1. The van der Waals surface area contributed by atoms with Gasteiger partial charge in [0.05, 0.1) is 11.8 Å². The van der Waals surface area contributed by atoms with Gasteiger partial charge in [-0.3, -0.25) is 4.79 Å². The van der Waals surface area contributed by atoms with Crippen molar-refractivity contribution in [2.24, 2.45) is 0 Å². The maximum absolute atomic E-state index is 13.2. The number of anilines is 1. The number of aromatic nitrogens is 3. The molecule has 0 saturated heterocycles. The summed E-state index contributed by atoms with van der Waals surface area (Å²) < 4.78 is 2.07. The third-order valence-electron chi connectivity index (χ3n) is 5.99. The number of ketones is 1. The molecule has 160 valence electrons. The largest absolute Gasteiger partial charge is 0.347 e. The normalized spacial score (nSPS) is 17.1. The number of para-hydroxylation sites is 1. The van der Waals surface area contributed by atoms with E-state index < -0.39 is 0 Å². The van der Waals surface area contributed by atoms with Gasteiger partial charge in [0.25, 0.3) is 0 Å². The summed E-state index contributed by atoms with van der Waals surface area (Å²) in [6, 6.07) is 18.6. The molecule has 0 N–H and O–H groups in total. The average Bonchev–Trinajstić information content (AvgIpc) is 3.19. The van der Waals surface area contributed by atoms with E-state index in [4.69, 9.17) is 0 Å². The van der Waals surface area contributed by atoms with E-state index in [9.17, 15) is 4.79 Å². The summed E-state index contributed by atoms with van der Waals surface area (Å²) in [5.74, 6) is 0.927. The Morgan fingerprint density at radius 2 is 1.77 bits per heavy atom. The van der Waals surface area contributed by atoms with Crippen LogP contribution in [0.1, 0.15) is 37.7 Å². The van der Waals surface area contributed by atoms with Gasteiger partial charge in [0.1, 0.15) is 5.82 Å². The van der Waals surface area contributed by atoms with Crippen LogP contribution in [0.15, 0.2) is 71.5 Å². The van der Waals surface area contributed by atoms with Crippen LogP contribution < -0.4 is 4.90 Å². The first-order chi connectivity index (χ1) is 14.8. The number of hydrogen-bond acceptors (Lipinski definition) is 5. The molecule has 1 aliphatic rings. The first-order valence-corrected chi connectivity index (χ1v) is 11.4. The van der Waals surface area contributed by atoms with Crippen molar-refractivity contribution in [1.82, 2.24) is 14.8 Å². The van der Waals surface area contributed by atoms with Gasteiger partial charge >= 0.3 is 0 Å². The van der Waals surface area contributed by atoms with Gasteiger partial charge in [-0.25, -0.2) is 0 Å². The number of nitrogens with zero attached hydrogens (tertiary/aromatic N) is 4. The van der Waals surface area contributed by atoms with Crippen molar-refractivity contribution in [2.75, 3.05) is 11.9 Å². The van der Waals surface area contributed by atoms with Crippen LogP contribution in [-0.2, 0) is 16.8 Å². The van der Waals surface area contributed by atoms with Crippen LogP contribution in [0.25, 0.3) is 0 Å². The van der Waals surface area contributed by atoms with Gasteiger partial charge in [-0.1, -0.05) is 74.1 Å². The van der Waals surface area contributed by atoms with Gasteiger partial charge in [-0.05, 0) is 31.0 Å². The summed E-state index contributed by atoms with van der Waals surface area (Å²) in [5, 5.41) is 9.08. The van der Waals surface area contributed by atoms with Crippen molar-refractivity contribution in [2.45, 2.75) is 50.1 Å². The molecule has 0 radical (unpaired) electrons. The first-order valence-electron chi connectivity index (χ1n) is 10.5. The van der Waals surface area contributed by atoms with E-state index in [1.807, 2.05) is 51.2 Å². The number of hydrogen-bond donors (Lipinski definition) is 0. The lowest BCUT2D eigenvalue weighted by Gasteiger charge is -2.24. The van der Waals surface area contributed by atoms with Gasteiger partial charge in [-0.2, -0.15) is 0 Å². The van der Waals surface area contributed by atoms with Crippen molar-refractivity contribution in [3.63, 3.8) is 0 Å². The highest BCUT2D eigenvalue weighted by Gasteiger charge is 2.38. The van der Waals surface area contributed by atoms with Crippen molar-refractivity contribution in [3.05, 3.63) is 83.3 Å². The second-order valence-electron chi connectivity index (χ2n) is 8.49. The fraction of sp³-hybridized carbons (Fsp3) is 0.320. The zero-order valence-corrected chi connectivity index (χ0v) is 19.5. The predicted octanol–water partition coefficient (Wildman–Crippen LogP) is 5.00. The molecular formula is C25H28N4OS. The van der Waals surface area contributed by atoms with E-state index in [1.165, 1.54) is 22.9 Å². The lowest BCUT2D eigenvalue weighted by atomic mass is 9.83. The van der Waals surface area contributed by atoms with Gasteiger partial charge in [-0.15, -0.1) is 10.2 Å². The Hall–Kier alpha value is -2.86. The minimum atomic E-state index is -0.265. The summed E-state index contributed by atoms with van der Waals surface area (Å²) in [6.45, 7) is 8.92. The SMILES string of the molecule is Cc1nnc(SC(C)C(=O)/C=C2/N(C)c3ccccc3C2(C)C)n1Cc1ccccc1. The number of likely N-dealkylation sites (N-methyl/N-ethyl adjacent to an activating group) is 1. The molecule has 0 saturated carbocycles. The van der Waals surface area contributed by atoms with Gasteiger partial charge in [0, 0.05) is 29.9 Å². The lowest BCUT2D eigenvalue weighted by Crippen LogP contribution is -2.25. The highest BCUT2D eigenvalue weighted by Crippen LogP contribution is 2.46. The topological polar surface area (TPSA) is 51.0 Å². The molecule has 31 heavy (non-hydrogen) atoms. The molecule has 1 aliphatic heterocycles. The van der Waals surface area contributed by atoms with Crippen LogP contribution >= 0.6 is 11.8 Å². The Bertz CT molecular complexity index is 1130. The van der Waals surface area contributed by atoms with Crippen molar-refractivity contribution >= 4 is 23.2 Å². The number of aryl methyl sites for hydroxylation is 1. The Labute approximate surface area is 188 Å². The van der Waals surface area contributed by atoms with E-state index in [1.54, 1.807) is 0 Å². The Balaban J connectivity index is 1.54. The highest BCUT2D eigenvalue weighted by atomic mass is 32.2. The average molecular weight is 433 g/mol. The number of benzene rings is 2. The zero-order chi connectivity index (χ0) is 22.2. The summed E-state index contributed by atoms with van der Waals surface area (Å²) in [5.41, 5.74) is 4.39. The Kier molecular flexibility index (Phi) is 5.75. The number of rotatable bonds is 6. The molecule has 0 amide bonds. The maximum atomic E-state index is 13.2. The monoisotopic (exact) mass is 432 g/mol. The number of allylic oxidation sites excluding steroid dienone is 2. The molecule has 6 heteroatoms. The highest BCUT2D eigenvalue weighted by molar-refractivity contribution is 8.00. The van der Waals surface area contributed by atoms with Crippen LogP contribution in [0.3, 0.4) is 0 Å². The molecular weight excluding hydrogens is 404 g/mol. The standard InChI is InChI=1S/C25H28N4OS/c1-17(31-24-27-26-18(2)29(24)16-19-11-7-6-8-12-19)22(30)15-23-25(3,4)20-13-9-10-14-21(20)28(23)5/h6-15,17H,16H2,1-5H3/b23-15+. The summed E-state index contributed by atoms with van der Waals surface area (Å²) in [4.78, 5) is 15.3. The van der Waals surface area contributed by atoms with E-state index in [2.05, 4.69) is 63.8 Å². The maximum Gasteiger partial charge on any atom is 0.192 e. The molecule has 1 aromatic heterocycles. The summed E-state index contributed by atoms with van der Waals surface area (Å²) in [6.07, 6.45) is 1.81. The molecule has 5 nitrogen and oxygen atoms in total. The number of carbonyl (C=O) groups is 1. The van der Waals surface area contributed by atoms with Crippen molar-refractivity contribution in [1.29, 1.82) is 0 Å². The fourth-order valence-electron chi connectivity index (χ4n) is 4.12. The van der Waals surface area contributed by atoms with Crippen LogP contribution in [0.5, 0.6) is 0 Å². The third-order valence-corrected chi connectivity index (χ3v) is 7.09. The Morgan fingerprint density at radius 1 is 1.10 bits per heavy atom. The van der Waals surface area contributed by atoms with E-state index >= 15 is 0 Å². The quantitative estimate of drug-likeness (QED) is 0.405. The van der Waals surface area contributed by atoms with Gasteiger partial charge in [0.15, 0.2) is 10.9 Å². The smallest absolute Gasteiger partial charge is 0.192 e. The molecule has 3 aromatic rings.